The van der Waals surface area contributed by atoms with Crippen LogP contribution in [0.2, 0.25) is 0 Å². The standard InChI is InChI=1S/C13H13BrN4O4.K/c1-2-22-8-5-6(3-4-7(8)14)18-11(13(20)21)9(15)10(17-18)12(16)19;/h3-5H,2,15H2,1H3,(H2,16,19)(H,20,21);/q;+1/p-1. The molecule has 0 bridgehead atoms. The Hall–Kier alpha value is -0.914. The van der Waals surface area contributed by atoms with Crippen LogP contribution in [0.5, 0.6) is 5.75 Å². The number of aromatic carboxylic acids is 1. The summed E-state index contributed by atoms with van der Waals surface area (Å²) >= 11 is 3.31. The van der Waals surface area contributed by atoms with Crippen molar-refractivity contribution in [2.24, 2.45) is 5.73 Å². The predicted octanol–water partition coefficient (Wildman–Crippen LogP) is -2.92. The van der Waals surface area contributed by atoms with E-state index in [-0.39, 0.29) is 62.8 Å². The molecule has 0 saturated heterocycles. The molecule has 0 saturated carbocycles. The van der Waals surface area contributed by atoms with E-state index in [1.165, 1.54) is 0 Å². The average Bonchev–Trinajstić information content (AvgIpc) is 2.79. The molecule has 0 spiro atoms. The van der Waals surface area contributed by atoms with Crippen LogP contribution < -0.4 is 72.7 Å². The molecule has 1 amide bonds. The number of primary amides is 1. The number of benzene rings is 1. The third kappa shape index (κ3) is 4.14. The first-order valence-corrected chi connectivity index (χ1v) is 6.98. The van der Waals surface area contributed by atoms with Crippen molar-refractivity contribution in [2.75, 3.05) is 12.3 Å². The van der Waals surface area contributed by atoms with Crippen LogP contribution in [0.15, 0.2) is 22.7 Å². The predicted molar refractivity (Wildman–Crippen MR) is 79.7 cm³/mol. The van der Waals surface area contributed by atoms with Crippen molar-refractivity contribution in [1.82, 2.24) is 9.78 Å². The number of carboxylic acid groups (broad SMARTS) is 1. The maximum atomic E-state index is 11.3. The summed E-state index contributed by atoms with van der Waals surface area (Å²) in [4.78, 5) is 22.6. The number of ether oxygens (including phenoxy) is 1. The second-order valence-electron chi connectivity index (χ2n) is 4.22. The molecule has 10 heteroatoms. The number of carboxylic acids is 1. The van der Waals surface area contributed by atoms with Crippen molar-refractivity contribution in [2.45, 2.75) is 6.92 Å². The molecule has 116 valence electrons. The van der Waals surface area contributed by atoms with E-state index in [1.807, 2.05) is 6.92 Å². The minimum atomic E-state index is -1.57. The van der Waals surface area contributed by atoms with E-state index >= 15 is 0 Å². The van der Waals surface area contributed by atoms with Crippen molar-refractivity contribution in [3.63, 3.8) is 0 Å². The number of hydrogen-bond acceptors (Lipinski definition) is 6. The number of hydrogen-bond donors (Lipinski definition) is 2. The van der Waals surface area contributed by atoms with Crippen molar-refractivity contribution >= 4 is 33.5 Å². The Balaban J connectivity index is 0.00000264. The number of amides is 1. The molecule has 0 radical (unpaired) electrons. The van der Waals surface area contributed by atoms with Gasteiger partial charge in [0.15, 0.2) is 5.69 Å². The normalized spacial score (nSPS) is 10.0. The maximum Gasteiger partial charge on any atom is 1.00 e. The Bertz CT molecular complexity index is 763. The van der Waals surface area contributed by atoms with Crippen molar-refractivity contribution in [1.29, 1.82) is 0 Å². The molecule has 0 aliphatic carbocycles. The van der Waals surface area contributed by atoms with Crippen LogP contribution in [0.25, 0.3) is 5.69 Å². The molecule has 0 aliphatic rings. The van der Waals surface area contributed by atoms with E-state index in [0.29, 0.717) is 22.5 Å². The second-order valence-corrected chi connectivity index (χ2v) is 5.08. The van der Waals surface area contributed by atoms with Crippen molar-refractivity contribution in [3.8, 4) is 11.4 Å². The monoisotopic (exact) mass is 406 g/mol. The van der Waals surface area contributed by atoms with E-state index in [9.17, 15) is 14.7 Å². The number of nitrogen functional groups attached to an aromatic ring is 1. The van der Waals surface area contributed by atoms with Gasteiger partial charge >= 0.3 is 51.4 Å². The van der Waals surface area contributed by atoms with Crippen LogP contribution in [-0.2, 0) is 0 Å². The van der Waals surface area contributed by atoms with Crippen LogP contribution in [0.3, 0.4) is 0 Å². The van der Waals surface area contributed by atoms with Gasteiger partial charge in [-0.15, -0.1) is 0 Å². The molecule has 2 rings (SSSR count). The smallest absolute Gasteiger partial charge is 0.543 e. The summed E-state index contributed by atoms with van der Waals surface area (Å²) in [6.07, 6.45) is 0. The fourth-order valence-electron chi connectivity index (χ4n) is 1.89. The quantitative estimate of drug-likeness (QED) is 0.510. The van der Waals surface area contributed by atoms with Crippen LogP contribution in [0.4, 0.5) is 5.69 Å². The topological polar surface area (TPSA) is 136 Å². The largest absolute Gasteiger partial charge is 1.00 e. The van der Waals surface area contributed by atoms with Crippen molar-refractivity contribution in [3.05, 3.63) is 34.1 Å². The summed E-state index contributed by atoms with van der Waals surface area (Å²) < 4.78 is 7.08. The Morgan fingerprint density at radius 3 is 2.61 bits per heavy atom. The first-order valence-electron chi connectivity index (χ1n) is 6.19. The Morgan fingerprint density at radius 1 is 1.43 bits per heavy atom. The molecule has 0 unspecified atom stereocenters. The van der Waals surface area contributed by atoms with E-state index in [0.717, 1.165) is 4.68 Å². The molecular weight excluding hydrogens is 395 g/mol. The number of nitrogens with zero attached hydrogens (tertiary/aromatic N) is 2. The number of carbonyl (C=O) groups is 2. The molecule has 2 aromatic rings. The van der Waals surface area contributed by atoms with Gasteiger partial charge in [-0.2, -0.15) is 5.10 Å². The number of anilines is 1. The van der Waals surface area contributed by atoms with Crippen LogP contribution >= 0.6 is 15.9 Å². The number of rotatable bonds is 5. The Morgan fingerprint density at radius 2 is 2.09 bits per heavy atom. The Labute approximate surface area is 182 Å². The van der Waals surface area contributed by atoms with Gasteiger partial charge in [0.25, 0.3) is 5.91 Å². The Kier molecular flexibility index (Phi) is 7.23. The molecule has 1 aromatic heterocycles. The van der Waals surface area contributed by atoms with Gasteiger partial charge in [0.05, 0.1) is 28.4 Å². The summed E-state index contributed by atoms with van der Waals surface area (Å²) in [5.74, 6) is -2.02. The number of carbonyl (C=O) groups excluding carboxylic acids is 2. The average molecular weight is 407 g/mol. The molecule has 23 heavy (non-hydrogen) atoms. The molecule has 0 fully saturated rings. The van der Waals surface area contributed by atoms with Gasteiger partial charge in [-0.25, -0.2) is 4.68 Å². The van der Waals surface area contributed by atoms with Crippen LogP contribution in [0.1, 0.15) is 27.9 Å². The number of aromatic nitrogens is 2. The van der Waals surface area contributed by atoms with Crippen LogP contribution in [0, 0.1) is 0 Å². The minimum Gasteiger partial charge on any atom is -0.543 e. The molecule has 0 aliphatic heterocycles. The maximum absolute atomic E-state index is 11.3. The first kappa shape index (κ1) is 20.1. The first-order chi connectivity index (χ1) is 10.4. The summed E-state index contributed by atoms with van der Waals surface area (Å²) in [6.45, 7) is 2.23. The zero-order chi connectivity index (χ0) is 16.4. The second kappa shape index (κ2) is 8.26. The van der Waals surface area contributed by atoms with Crippen molar-refractivity contribution < 1.29 is 70.8 Å². The molecule has 0 atom stereocenters. The van der Waals surface area contributed by atoms with Gasteiger partial charge in [-0.1, -0.05) is 0 Å². The van der Waals surface area contributed by atoms with Gasteiger partial charge in [0, 0.05) is 6.07 Å². The third-order valence-corrected chi connectivity index (χ3v) is 3.46. The van der Waals surface area contributed by atoms with E-state index in [2.05, 4.69) is 21.0 Å². The van der Waals surface area contributed by atoms with Gasteiger partial charge in [-0.3, -0.25) is 4.79 Å². The summed E-state index contributed by atoms with van der Waals surface area (Å²) in [7, 11) is 0. The summed E-state index contributed by atoms with van der Waals surface area (Å²) in [5.41, 5.74) is 9.98. The SMILES string of the molecule is CCOc1cc(-n2nc(C(N)=O)c(N)c2C(=O)[O-])ccc1Br.[K+]. The van der Waals surface area contributed by atoms with Gasteiger partial charge in [-0.05, 0) is 35.0 Å². The molecule has 8 nitrogen and oxygen atoms in total. The fraction of sp³-hybridized carbons (Fsp3) is 0.154. The zero-order valence-corrected chi connectivity index (χ0v) is 17.2. The molecule has 1 aromatic carbocycles. The zero-order valence-electron chi connectivity index (χ0n) is 12.5. The van der Waals surface area contributed by atoms with Gasteiger partial charge in [0.1, 0.15) is 11.4 Å². The van der Waals surface area contributed by atoms with Gasteiger partial charge in [0.2, 0.25) is 0 Å². The fourth-order valence-corrected chi connectivity index (χ4v) is 2.25. The van der Waals surface area contributed by atoms with E-state index in [4.69, 9.17) is 16.2 Å². The number of nitrogens with two attached hydrogens (primary N) is 2. The van der Waals surface area contributed by atoms with E-state index in [1.54, 1.807) is 18.2 Å². The molecular formula is C13H12BrKN4O4. The summed E-state index contributed by atoms with van der Waals surface area (Å²) in [5, 5.41) is 15.1. The van der Waals surface area contributed by atoms with Crippen LogP contribution in [-0.4, -0.2) is 28.3 Å². The minimum absolute atomic E-state index is 0. The molecule has 4 N–H and O–H groups in total. The van der Waals surface area contributed by atoms with E-state index < -0.39 is 17.6 Å². The van der Waals surface area contributed by atoms with Gasteiger partial charge < -0.3 is 26.1 Å². The number of halogens is 1. The summed E-state index contributed by atoms with van der Waals surface area (Å²) in [6, 6.07) is 4.79. The molecule has 1 heterocycles. The third-order valence-electron chi connectivity index (χ3n) is 2.81.